The highest BCUT2D eigenvalue weighted by Gasteiger charge is 2.58. The van der Waals surface area contributed by atoms with Crippen LogP contribution >= 0.6 is 0 Å². The summed E-state index contributed by atoms with van der Waals surface area (Å²) in [7, 11) is -3.99. The van der Waals surface area contributed by atoms with Crippen LogP contribution in [0.3, 0.4) is 0 Å². The molecule has 3 heterocycles. The minimum Gasteiger partial charge on any atom is -0.443 e. The molecule has 1 spiro atoms. The fourth-order valence-corrected chi connectivity index (χ4v) is 6.77. The fraction of sp³-hybridized carbons (Fsp3) is 0.565. The van der Waals surface area contributed by atoms with Crippen LogP contribution in [0.2, 0.25) is 0 Å². The van der Waals surface area contributed by atoms with Crippen molar-refractivity contribution in [2.75, 3.05) is 13.1 Å². The molecule has 10 heteroatoms. The largest absolute Gasteiger partial charge is 0.443 e. The van der Waals surface area contributed by atoms with E-state index in [9.17, 15) is 18.3 Å². The molecule has 3 aliphatic rings. The molecule has 2 fully saturated rings. The molecule has 5 rings (SSSR count). The zero-order valence-corrected chi connectivity index (χ0v) is 19.9. The maximum absolute atomic E-state index is 12.6. The number of aromatic nitrogens is 2. The molecule has 0 radical (unpaired) electrons. The lowest BCUT2D eigenvalue weighted by Gasteiger charge is -2.57. The number of nitrogens with zero attached hydrogens (tertiary/aromatic N) is 3. The van der Waals surface area contributed by atoms with Gasteiger partial charge in [0.05, 0.1) is 30.4 Å². The van der Waals surface area contributed by atoms with Crippen LogP contribution in [0.4, 0.5) is 4.79 Å². The van der Waals surface area contributed by atoms with Crippen LogP contribution < -0.4 is 4.72 Å². The molecular formula is C23H30N4O5S. The average molecular weight is 475 g/mol. The van der Waals surface area contributed by atoms with Crippen molar-refractivity contribution in [3.05, 3.63) is 42.4 Å². The number of aliphatic hydroxyl groups excluding tert-OH is 1. The first-order valence-electron chi connectivity index (χ1n) is 11.3. The number of rotatable bonds is 3. The van der Waals surface area contributed by atoms with E-state index in [1.807, 2.05) is 29.4 Å². The molecule has 1 aromatic carbocycles. The smallest absolute Gasteiger partial charge is 0.422 e. The Morgan fingerprint density at radius 3 is 2.61 bits per heavy atom. The van der Waals surface area contributed by atoms with Gasteiger partial charge in [0.1, 0.15) is 5.60 Å². The number of imidazole rings is 1. The third-order valence-electron chi connectivity index (χ3n) is 7.27. The van der Waals surface area contributed by atoms with Gasteiger partial charge in [-0.15, -0.1) is 0 Å². The predicted molar refractivity (Wildman–Crippen MR) is 121 cm³/mol. The Labute approximate surface area is 193 Å². The van der Waals surface area contributed by atoms with Crippen molar-refractivity contribution in [2.24, 2.45) is 11.3 Å². The Balaban J connectivity index is 1.25. The second kappa shape index (κ2) is 7.54. The van der Waals surface area contributed by atoms with E-state index in [4.69, 9.17) is 4.74 Å². The SMILES string of the molecule is CC(C)(C)OC(=O)NS(=O)(=O)N1CCC2(CC1)C[C@H]([C@@H]1c3ccccc3-c3cncn31)[C@@H]2O. The lowest BCUT2D eigenvalue weighted by Crippen LogP contribution is -2.60. The van der Waals surface area contributed by atoms with E-state index >= 15 is 0 Å². The number of carbonyl (C=O) groups is 1. The number of piperidine rings is 1. The summed E-state index contributed by atoms with van der Waals surface area (Å²) in [6.07, 6.45) is 4.08. The van der Waals surface area contributed by atoms with Gasteiger partial charge in [0.25, 0.3) is 0 Å². The van der Waals surface area contributed by atoms with Gasteiger partial charge >= 0.3 is 16.3 Å². The maximum atomic E-state index is 12.6. The third-order valence-corrected chi connectivity index (χ3v) is 8.74. The van der Waals surface area contributed by atoms with Crippen LogP contribution in [-0.2, 0) is 14.9 Å². The number of hydrogen-bond donors (Lipinski definition) is 2. The van der Waals surface area contributed by atoms with Gasteiger partial charge in [-0.1, -0.05) is 24.3 Å². The number of nitrogens with one attached hydrogen (secondary N) is 1. The molecule has 178 valence electrons. The molecule has 0 bridgehead atoms. The van der Waals surface area contributed by atoms with Crippen LogP contribution in [0.15, 0.2) is 36.8 Å². The Hall–Kier alpha value is -2.43. The highest BCUT2D eigenvalue weighted by molar-refractivity contribution is 7.87. The molecule has 2 N–H and O–H groups in total. The lowest BCUT2D eigenvalue weighted by atomic mass is 9.53. The van der Waals surface area contributed by atoms with Crippen LogP contribution in [0.1, 0.15) is 51.6 Å². The van der Waals surface area contributed by atoms with Crippen LogP contribution in [0.5, 0.6) is 0 Å². The Morgan fingerprint density at radius 2 is 1.94 bits per heavy atom. The summed E-state index contributed by atoms with van der Waals surface area (Å²) >= 11 is 0. The Kier molecular flexibility index (Phi) is 5.11. The lowest BCUT2D eigenvalue weighted by molar-refractivity contribution is -0.152. The van der Waals surface area contributed by atoms with Crippen molar-refractivity contribution >= 4 is 16.3 Å². The van der Waals surface area contributed by atoms with Crippen molar-refractivity contribution in [1.82, 2.24) is 18.6 Å². The minimum absolute atomic E-state index is 0.0370. The molecule has 1 saturated heterocycles. The Morgan fingerprint density at radius 1 is 1.24 bits per heavy atom. The van der Waals surface area contributed by atoms with Crippen molar-refractivity contribution < 1.29 is 23.1 Å². The third kappa shape index (κ3) is 3.74. The predicted octanol–water partition coefficient (Wildman–Crippen LogP) is 2.69. The standard InChI is InChI=1S/C23H30N4O5S/c1-22(2,3)32-21(29)25-33(30,31)26-10-8-23(9-11-26)12-17(20(23)28)19-16-7-5-4-6-15(16)18-13-24-14-27(18)19/h4-7,13-14,17,19-20,28H,8-12H2,1-3H3,(H,25,29)/t17-,19+,20+/m1/s1. The molecule has 33 heavy (non-hydrogen) atoms. The number of amides is 1. The first-order valence-corrected chi connectivity index (χ1v) is 12.7. The molecule has 3 atom stereocenters. The second-order valence-corrected chi connectivity index (χ2v) is 12.1. The van der Waals surface area contributed by atoms with Gasteiger partial charge in [0.2, 0.25) is 0 Å². The summed E-state index contributed by atoms with van der Waals surface area (Å²) in [5.41, 5.74) is 2.33. The number of fused-ring (bicyclic) bond motifs is 3. The fourth-order valence-electron chi connectivity index (χ4n) is 5.73. The maximum Gasteiger partial charge on any atom is 0.422 e. The van der Waals surface area contributed by atoms with Gasteiger partial charge < -0.3 is 14.4 Å². The molecule has 2 aliphatic heterocycles. The van der Waals surface area contributed by atoms with E-state index in [1.165, 1.54) is 9.87 Å². The summed E-state index contributed by atoms with van der Waals surface area (Å²) in [5, 5.41) is 11.3. The van der Waals surface area contributed by atoms with E-state index < -0.39 is 28.0 Å². The number of ether oxygens (including phenoxy) is 1. The minimum atomic E-state index is -3.99. The summed E-state index contributed by atoms with van der Waals surface area (Å²) in [6.45, 7) is 5.52. The zero-order chi connectivity index (χ0) is 23.6. The van der Waals surface area contributed by atoms with Crippen molar-refractivity contribution in [1.29, 1.82) is 0 Å². The quantitative estimate of drug-likeness (QED) is 0.707. The van der Waals surface area contributed by atoms with Crippen molar-refractivity contribution in [3.8, 4) is 11.3 Å². The highest BCUT2D eigenvalue weighted by atomic mass is 32.2. The molecule has 9 nitrogen and oxygen atoms in total. The van der Waals surface area contributed by atoms with Crippen LogP contribution in [0, 0.1) is 11.3 Å². The van der Waals surface area contributed by atoms with E-state index in [1.54, 1.807) is 20.8 Å². The summed E-state index contributed by atoms with van der Waals surface area (Å²) < 4.78 is 35.8. The van der Waals surface area contributed by atoms with E-state index in [-0.39, 0.29) is 30.5 Å². The number of aliphatic hydroxyl groups is 1. The molecule has 0 unspecified atom stereocenters. The zero-order valence-electron chi connectivity index (χ0n) is 19.1. The van der Waals surface area contributed by atoms with Crippen LogP contribution in [0.25, 0.3) is 11.3 Å². The molecule has 1 aromatic heterocycles. The van der Waals surface area contributed by atoms with Crippen molar-refractivity contribution in [2.45, 2.75) is 57.8 Å². The highest BCUT2D eigenvalue weighted by Crippen LogP contribution is 2.59. The number of benzene rings is 1. The summed E-state index contributed by atoms with van der Waals surface area (Å²) in [5.74, 6) is 0.0460. The molecule has 1 amide bonds. The molecular weight excluding hydrogens is 444 g/mol. The van der Waals surface area contributed by atoms with Gasteiger partial charge in [0.15, 0.2) is 0 Å². The first kappa shape index (κ1) is 22.4. The Bertz CT molecular complexity index is 1180. The average Bonchev–Trinajstić information content (AvgIpc) is 3.31. The van der Waals surface area contributed by atoms with Crippen molar-refractivity contribution in [3.63, 3.8) is 0 Å². The van der Waals surface area contributed by atoms with Gasteiger partial charge in [-0.2, -0.15) is 12.7 Å². The van der Waals surface area contributed by atoms with Gasteiger partial charge in [-0.05, 0) is 51.0 Å². The van der Waals surface area contributed by atoms with Gasteiger partial charge in [-0.3, -0.25) is 0 Å². The first-order chi connectivity index (χ1) is 15.5. The van der Waals surface area contributed by atoms with E-state index in [2.05, 4.69) is 21.7 Å². The van der Waals surface area contributed by atoms with Gasteiger partial charge in [0, 0.05) is 24.6 Å². The number of hydrogen-bond acceptors (Lipinski definition) is 6. The topological polar surface area (TPSA) is 114 Å². The summed E-state index contributed by atoms with van der Waals surface area (Å²) in [4.78, 5) is 16.3. The molecule has 2 aromatic rings. The molecule has 1 aliphatic carbocycles. The molecule has 1 saturated carbocycles. The van der Waals surface area contributed by atoms with Gasteiger partial charge in [-0.25, -0.2) is 14.5 Å². The van der Waals surface area contributed by atoms with E-state index in [0.717, 1.165) is 17.7 Å². The number of carbonyl (C=O) groups excluding carboxylic acids is 1. The monoisotopic (exact) mass is 474 g/mol. The second-order valence-electron chi connectivity index (χ2n) is 10.4. The van der Waals surface area contributed by atoms with Crippen LogP contribution in [-0.4, -0.2) is 58.3 Å². The summed E-state index contributed by atoms with van der Waals surface area (Å²) in [6, 6.07) is 8.27. The van der Waals surface area contributed by atoms with E-state index in [0.29, 0.717) is 12.8 Å². The normalized spacial score (nSPS) is 26.4.